The molecule has 0 atom stereocenters. The maximum Gasteiger partial charge on any atom is 0.345 e. The highest BCUT2D eigenvalue weighted by Gasteiger charge is 2.15. The molecular formula is C25H19N3O4S. The number of ether oxygens (including phenoxy) is 2. The molecule has 8 heteroatoms. The Morgan fingerprint density at radius 3 is 2.70 bits per heavy atom. The van der Waals surface area contributed by atoms with E-state index in [1.54, 1.807) is 31.6 Å². The second kappa shape index (κ2) is 9.13. The standard InChI is InChI=1S/C25H19N3O4S/c1-30-21-7-3-2-6-19(21)27-25-28-20(15-33-25)18-13-17-5-4-8-22(23(17)32-24(18)29)31-14-16-9-11-26-12-10-16/h2-13,15H,14H2,1H3,(H,27,28). The van der Waals surface area contributed by atoms with Crippen molar-refractivity contribution in [3.8, 4) is 22.8 Å². The number of rotatable bonds is 7. The third-order valence-corrected chi connectivity index (χ3v) is 5.75. The first-order chi connectivity index (χ1) is 16.2. The van der Waals surface area contributed by atoms with Gasteiger partial charge in [0.25, 0.3) is 0 Å². The number of benzene rings is 2. The van der Waals surface area contributed by atoms with Gasteiger partial charge in [-0.3, -0.25) is 4.98 Å². The Hall–Kier alpha value is -4.17. The monoisotopic (exact) mass is 457 g/mol. The van der Waals surface area contributed by atoms with Crippen LogP contribution in [0.15, 0.2) is 87.6 Å². The van der Waals surface area contributed by atoms with Crippen LogP contribution in [0, 0.1) is 0 Å². The van der Waals surface area contributed by atoms with Crippen molar-refractivity contribution in [1.29, 1.82) is 0 Å². The zero-order valence-electron chi connectivity index (χ0n) is 17.6. The fraction of sp³-hybridized carbons (Fsp3) is 0.0800. The summed E-state index contributed by atoms with van der Waals surface area (Å²) < 4.78 is 16.9. The first-order valence-electron chi connectivity index (χ1n) is 10.2. The van der Waals surface area contributed by atoms with Crippen molar-refractivity contribution in [1.82, 2.24) is 9.97 Å². The first-order valence-corrected chi connectivity index (χ1v) is 11.0. The first kappa shape index (κ1) is 20.7. The van der Waals surface area contributed by atoms with Crippen molar-refractivity contribution in [3.63, 3.8) is 0 Å². The van der Waals surface area contributed by atoms with Crippen LogP contribution in [0.4, 0.5) is 10.8 Å². The molecule has 0 spiro atoms. The molecule has 0 fully saturated rings. The molecule has 0 aliphatic rings. The number of fused-ring (bicyclic) bond motifs is 1. The topological polar surface area (TPSA) is 86.5 Å². The Morgan fingerprint density at radius 2 is 1.85 bits per heavy atom. The second-order valence-corrected chi connectivity index (χ2v) is 7.99. The Morgan fingerprint density at radius 1 is 1.03 bits per heavy atom. The Labute approximate surface area is 193 Å². The largest absolute Gasteiger partial charge is 0.495 e. The van der Waals surface area contributed by atoms with E-state index in [-0.39, 0.29) is 0 Å². The lowest BCUT2D eigenvalue weighted by Crippen LogP contribution is -2.04. The number of hydrogen-bond donors (Lipinski definition) is 1. The van der Waals surface area contributed by atoms with Crippen molar-refractivity contribution < 1.29 is 13.9 Å². The Balaban J connectivity index is 1.43. The summed E-state index contributed by atoms with van der Waals surface area (Å²) >= 11 is 1.39. The summed E-state index contributed by atoms with van der Waals surface area (Å²) in [6, 6.07) is 18.6. The minimum atomic E-state index is -0.475. The minimum Gasteiger partial charge on any atom is -0.495 e. The van der Waals surface area contributed by atoms with Crippen molar-refractivity contribution in [3.05, 3.63) is 94.4 Å². The molecule has 3 aromatic heterocycles. The van der Waals surface area contributed by atoms with E-state index in [9.17, 15) is 4.79 Å². The normalized spacial score (nSPS) is 10.8. The summed E-state index contributed by atoms with van der Waals surface area (Å²) in [7, 11) is 1.61. The summed E-state index contributed by atoms with van der Waals surface area (Å²) in [5.41, 5.74) is 2.62. The molecule has 0 bridgehead atoms. The van der Waals surface area contributed by atoms with Crippen molar-refractivity contribution in [2.75, 3.05) is 12.4 Å². The Bertz CT molecular complexity index is 1460. The van der Waals surface area contributed by atoms with E-state index in [1.165, 1.54) is 11.3 Å². The molecule has 1 N–H and O–H groups in total. The summed E-state index contributed by atoms with van der Waals surface area (Å²) in [5.74, 6) is 1.21. The van der Waals surface area contributed by atoms with Gasteiger partial charge in [0.2, 0.25) is 0 Å². The van der Waals surface area contributed by atoms with Crippen LogP contribution in [0.3, 0.4) is 0 Å². The second-order valence-electron chi connectivity index (χ2n) is 7.13. The van der Waals surface area contributed by atoms with E-state index in [1.807, 2.05) is 53.9 Å². The number of para-hydroxylation sites is 3. The highest BCUT2D eigenvalue weighted by Crippen LogP contribution is 2.32. The zero-order chi connectivity index (χ0) is 22.6. The molecule has 164 valence electrons. The van der Waals surface area contributed by atoms with Gasteiger partial charge in [0.1, 0.15) is 12.4 Å². The molecule has 3 heterocycles. The van der Waals surface area contributed by atoms with Gasteiger partial charge in [-0.1, -0.05) is 24.3 Å². The van der Waals surface area contributed by atoms with E-state index in [2.05, 4.69) is 15.3 Å². The van der Waals surface area contributed by atoms with Crippen LogP contribution in [-0.2, 0) is 6.61 Å². The number of nitrogens with zero attached hydrogens (tertiary/aromatic N) is 2. The third kappa shape index (κ3) is 4.42. The predicted molar refractivity (Wildman–Crippen MR) is 128 cm³/mol. The van der Waals surface area contributed by atoms with Crippen molar-refractivity contribution in [2.24, 2.45) is 0 Å². The SMILES string of the molecule is COc1ccccc1Nc1nc(-c2cc3cccc(OCc4ccncc4)c3oc2=O)cs1. The van der Waals surface area contributed by atoms with Gasteiger partial charge in [0.15, 0.2) is 16.5 Å². The van der Waals surface area contributed by atoms with Gasteiger partial charge >= 0.3 is 5.63 Å². The van der Waals surface area contributed by atoms with Crippen LogP contribution in [0.1, 0.15) is 5.56 Å². The fourth-order valence-electron chi connectivity index (χ4n) is 3.37. The molecule has 0 aliphatic heterocycles. The lowest BCUT2D eigenvalue weighted by Gasteiger charge is -2.09. The highest BCUT2D eigenvalue weighted by molar-refractivity contribution is 7.14. The fourth-order valence-corrected chi connectivity index (χ4v) is 4.09. The van der Waals surface area contributed by atoms with Crippen LogP contribution >= 0.6 is 11.3 Å². The molecule has 5 rings (SSSR count). The number of hydrogen-bond acceptors (Lipinski definition) is 8. The van der Waals surface area contributed by atoms with Gasteiger partial charge in [-0.15, -0.1) is 11.3 Å². The number of thiazole rings is 1. The van der Waals surface area contributed by atoms with E-state index < -0.39 is 5.63 Å². The maximum atomic E-state index is 12.8. The molecule has 7 nitrogen and oxygen atoms in total. The van der Waals surface area contributed by atoms with Gasteiger partial charge in [-0.05, 0) is 42.0 Å². The van der Waals surface area contributed by atoms with Gasteiger partial charge < -0.3 is 19.2 Å². The van der Waals surface area contributed by atoms with Gasteiger partial charge in [0.05, 0.1) is 24.1 Å². The lowest BCUT2D eigenvalue weighted by molar-refractivity contribution is 0.304. The van der Waals surface area contributed by atoms with Crippen LogP contribution in [0.2, 0.25) is 0 Å². The number of nitrogens with one attached hydrogen (secondary N) is 1. The molecule has 0 amide bonds. The summed E-state index contributed by atoms with van der Waals surface area (Å²) in [4.78, 5) is 21.4. The molecule has 0 radical (unpaired) electrons. The van der Waals surface area contributed by atoms with E-state index in [0.717, 1.165) is 16.6 Å². The van der Waals surface area contributed by atoms with E-state index >= 15 is 0 Å². The molecule has 5 aromatic rings. The molecule has 0 saturated carbocycles. The molecule has 2 aromatic carbocycles. The number of aromatic nitrogens is 2. The summed E-state index contributed by atoms with van der Waals surface area (Å²) in [6.07, 6.45) is 3.41. The summed E-state index contributed by atoms with van der Waals surface area (Å²) in [6.45, 7) is 0.344. The van der Waals surface area contributed by atoms with Crippen molar-refractivity contribution >= 4 is 33.1 Å². The minimum absolute atomic E-state index is 0.344. The average molecular weight is 458 g/mol. The smallest absolute Gasteiger partial charge is 0.345 e. The van der Waals surface area contributed by atoms with E-state index in [4.69, 9.17) is 13.9 Å². The molecule has 33 heavy (non-hydrogen) atoms. The van der Waals surface area contributed by atoms with Gasteiger partial charge in [0, 0.05) is 23.2 Å². The number of pyridine rings is 1. The average Bonchev–Trinajstić information content (AvgIpc) is 3.31. The predicted octanol–water partition coefficient (Wildman–Crippen LogP) is 5.64. The number of methoxy groups -OCH3 is 1. The Kier molecular flexibility index (Phi) is 5.73. The third-order valence-electron chi connectivity index (χ3n) is 5.00. The quantitative estimate of drug-likeness (QED) is 0.316. The van der Waals surface area contributed by atoms with Crippen molar-refractivity contribution in [2.45, 2.75) is 6.61 Å². The molecule has 0 aliphatic carbocycles. The molecule has 0 saturated heterocycles. The summed E-state index contributed by atoms with van der Waals surface area (Å²) in [5, 5.41) is 6.45. The zero-order valence-corrected chi connectivity index (χ0v) is 18.5. The maximum absolute atomic E-state index is 12.8. The van der Waals surface area contributed by atoms with Crippen LogP contribution in [0.25, 0.3) is 22.2 Å². The van der Waals surface area contributed by atoms with E-state index in [0.29, 0.717) is 40.1 Å². The molecule has 0 unspecified atom stereocenters. The van der Waals surface area contributed by atoms with Crippen LogP contribution in [-0.4, -0.2) is 17.1 Å². The highest BCUT2D eigenvalue weighted by atomic mass is 32.1. The number of anilines is 2. The van der Waals surface area contributed by atoms with Gasteiger partial charge in [-0.2, -0.15) is 0 Å². The molecular weight excluding hydrogens is 438 g/mol. The lowest BCUT2D eigenvalue weighted by atomic mass is 10.1. The van der Waals surface area contributed by atoms with Crippen LogP contribution in [0.5, 0.6) is 11.5 Å². The van der Waals surface area contributed by atoms with Crippen LogP contribution < -0.4 is 20.4 Å². The van der Waals surface area contributed by atoms with Gasteiger partial charge in [-0.25, -0.2) is 9.78 Å².